The molecule has 0 spiro atoms. The zero-order valence-corrected chi connectivity index (χ0v) is 11.9. The normalized spacial score (nSPS) is 29.5. The van der Waals surface area contributed by atoms with Crippen LogP contribution in [0.4, 0.5) is 0 Å². The van der Waals surface area contributed by atoms with Gasteiger partial charge in [0.1, 0.15) is 0 Å². The van der Waals surface area contributed by atoms with Crippen LogP contribution in [-0.2, 0) is 4.79 Å². The van der Waals surface area contributed by atoms with E-state index in [9.17, 15) is 4.79 Å². The number of amides is 1. The van der Waals surface area contributed by atoms with Crippen LogP contribution in [0.5, 0.6) is 0 Å². The van der Waals surface area contributed by atoms with Crippen LogP contribution in [0.2, 0.25) is 0 Å². The van der Waals surface area contributed by atoms with Gasteiger partial charge in [-0.25, -0.2) is 0 Å². The van der Waals surface area contributed by atoms with Gasteiger partial charge in [0.05, 0.1) is 0 Å². The molecule has 0 bridgehead atoms. The average Bonchev–Trinajstić information content (AvgIpc) is 2.88. The van der Waals surface area contributed by atoms with Crippen molar-refractivity contribution in [1.29, 1.82) is 0 Å². The van der Waals surface area contributed by atoms with Crippen molar-refractivity contribution >= 4 is 5.91 Å². The van der Waals surface area contributed by atoms with Crippen molar-refractivity contribution in [2.24, 2.45) is 0 Å². The topological polar surface area (TPSA) is 35.6 Å². The smallest absolute Gasteiger partial charge is 0.222 e. The van der Waals surface area contributed by atoms with Crippen molar-refractivity contribution in [1.82, 2.24) is 15.1 Å². The number of hydrogen-bond acceptors (Lipinski definition) is 3. The van der Waals surface area contributed by atoms with Gasteiger partial charge in [-0.1, -0.05) is 6.42 Å². The molecule has 1 atom stereocenters. The fourth-order valence-electron chi connectivity index (χ4n) is 3.55. The SMILES string of the molecule is O=C(CCC1CCCN1)N1CCN(C2CCC2)CC1. The minimum Gasteiger partial charge on any atom is -0.340 e. The monoisotopic (exact) mass is 265 g/mol. The summed E-state index contributed by atoms with van der Waals surface area (Å²) in [5.41, 5.74) is 0. The molecule has 2 saturated heterocycles. The summed E-state index contributed by atoms with van der Waals surface area (Å²) < 4.78 is 0. The predicted molar refractivity (Wildman–Crippen MR) is 76.1 cm³/mol. The molecule has 1 N–H and O–H groups in total. The van der Waals surface area contributed by atoms with Crippen LogP contribution in [0.25, 0.3) is 0 Å². The first kappa shape index (κ1) is 13.4. The maximum Gasteiger partial charge on any atom is 0.222 e. The Morgan fingerprint density at radius 1 is 1.05 bits per heavy atom. The molecule has 3 aliphatic rings. The van der Waals surface area contributed by atoms with Crippen molar-refractivity contribution < 1.29 is 4.79 Å². The highest BCUT2D eigenvalue weighted by Gasteiger charge is 2.29. The van der Waals surface area contributed by atoms with E-state index in [0.717, 1.165) is 51.6 Å². The predicted octanol–water partition coefficient (Wildman–Crippen LogP) is 1.22. The summed E-state index contributed by atoms with van der Waals surface area (Å²) in [6, 6.07) is 1.43. The molecule has 0 aromatic rings. The maximum atomic E-state index is 12.2. The molecule has 0 aromatic carbocycles. The minimum atomic E-state index is 0.377. The van der Waals surface area contributed by atoms with E-state index in [4.69, 9.17) is 0 Å². The zero-order valence-electron chi connectivity index (χ0n) is 11.9. The van der Waals surface area contributed by atoms with Crippen molar-refractivity contribution in [3.8, 4) is 0 Å². The number of rotatable bonds is 4. The summed E-state index contributed by atoms with van der Waals surface area (Å²) in [5, 5.41) is 3.47. The second-order valence-electron chi connectivity index (χ2n) is 6.33. The number of piperazine rings is 1. The fourth-order valence-corrected chi connectivity index (χ4v) is 3.55. The quantitative estimate of drug-likeness (QED) is 0.830. The average molecular weight is 265 g/mol. The van der Waals surface area contributed by atoms with E-state index in [0.29, 0.717) is 11.9 Å². The van der Waals surface area contributed by atoms with Crippen LogP contribution in [0.1, 0.15) is 44.9 Å². The van der Waals surface area contributed by atoms with Gasteiger partial charge in [-0.15, -0.1) is 0 Å². The summed E-state index contributed by atoms with van der Waals surface area (Å²) in [5.74, 6) is 0.377. The Balaban J connectivity index is 1.36. The van der Waals surface area contributed by atoms with Gasteiger partial charge in [-0.3, -0.25) is 9.69 Å². The molecule has 0 aromatic heterocycles. The van der Waals surface area contributed by atoms with Crippen LogP contribution >= 0.6 is 0 Å². The third kappa shape index (κ3) is 3.29. The molecule has 1 unspecified atom stereocenters. The lowest BCUT2D eigenvalue weighted by Crippen LogP contribution is -2.53. The summed E-state index contributed by atoms with van der Waals surface area (Å²) in [6.07, 6.45) is 8.45. The first-order valence-electron chi connectivity index (χ1n) is 8.08. The lowest BCUT2D eigenvalue weighted by Gasteiger charge is -2.43. The molecular weight excluding hydrogens is 238 g/mol. The van der Waals surface area contributed by atoms with Crippen LogP contribution in [0.15, 0.2) is 0 Å². The zero-order chi connectivity index (χ0) is 13.1. The van der Waals surface area contributed by atoms with Crippen molar-refractivity contribution in [2.45, 2.75) is 57.0 Å². The first-order chi connectivity index (χ1) is 9.33. The molecule has 3 fully saturated rings. The highest BCUT2D eigenvalue weighted by Crippen LogP contribution is 2.25. The Hall–Kier alpha value is -0.610. The van der Waals surface area contributed by atoms with E-state index in [1.165, 1.54) is 32.1 Å². The highest BCUT2D eigenvalue weighted by atomic mass is 16.2. The minimum absolute atomic E-state index is 0.377. The van der Waals surface area contributed by atoms with Crippen molar-refractivity contribution in [3.05, 3.63) is 0 Å². The van der Waals surface area contributed by atoms with E-state index in [-0.39, 0.29) is 0 Å². The molecule has 1 aliphatic carbocycles. The van der Waals surface area contributed by atoms with Gasteiger partial charge in [0.2, 0.25) is 5.91 Å². The summed E-state index contributed by atoms with van der Waals surface area (Å²) in [4.78, 5) is 16.9. The van der Waals surface area contributed by atoms with Gasteiger partial charge in [-0.2, -0.15) is 0 Å². The summed E-state index contributed by atoms with van der Waals surface area (Å²) in [7, 11) is 0. The lowest BCUT2D eigenvalue weighted by atomic mass is 9.91. The Morgan fingerprint density at radius 3 is 2.42 bits per heavy atom. The standard InChI is InChI=1S/C15H27N3O/c19-15(7-6-13-3-2-8-16-13)18-11-9-17(10-12-18)14-4-1-5-14/h13-14,16H,1-12H2. The molecule has 108 valence electrons. The van der Waals surface area contributed by atoms with Crippen LogP contribution < -0.4 is 5.32 Å². The number of hydrogen-bond donors (Lipinski definition) is 1. The van der Waals surface area contributed by atoms with Crippen LogP contribution in [0, 0.1) is 0 Å². The summed E-state index contributed by atoms with van der Waals surface area (Å²) >= 11 is 0. The van der Waals surface area contributed by atoms with Crippen molar-refractivity contribution in [3.63, 3.8) is 0 Å². The third-order valence-electron chi connectivity index (χ3n) is 5.13. The number of nitrogens with one attached hydrogen (secondary N) is 1. The molecule has 4 heteroatoms. The Labute approximate surface area is 116 Å². The highest BCUT2D eigenvalue weighted by molar-refractivity contribution is 5.76. The van der Waals surface area contributed by atoms with Gasteiger partial charge in [0.25, 0.3) is 0 Å². The van der Waals surface area contributed by atoms with E-state index < -0.39 is 0 Å². The van der Waals surface area contributed by atoms with Crippen LogP contribution in [0.3, 0.4) is 0 Å². The molecule has 4 nitrogen and oxygen atoms in total. The van der Waals surface area contributed by atoms with Crippen LogP contribution in [-0.4, -0.2) is 60.5 Å². The largest absolute Gasteiger partial charge is 0.340 e. The van der Waals surface area contributed by atoms with Gasteiger partial charge >= 0.3 is 0 Å². The molecule has 1 saturated carbocycles. The molecule has 0 radical (unpaired) electrons. The number of carbonyl (C=O) groups is 1. The number of carbonyl (C=O) groups excluding carboxylic acids is 1. The Bertz CT molecular complexity index is 303. The van der Waals surface area contributed by atoms with E-state index in [1.807, 2.05) is 0 Å². The molecular formula is C15H27N3O. The maximum absolute atomic E-state index is 12.2. The van der Waals surface area contributed by atoms with Gasteiger partial charge < -0.3 is 10.2 Å². The van der Waals surface area contributed by atoms with Gasteiger partial charge in [0, 0.05) is 44.7 Å². The van der Waals surface area contributed by atoms with Gasteiger partial charge in [0.15, 0.2) is 0 Å². The third-order valence-corrected chi connectivity index (χ3v) is 5.13. The second-order valence-corrected chi connectivity index (χ2v) is 6.33. The first-order valence-corrected chi connectivity index (χ1v) is 8.08. The molecule has 2 aliphatic heterocycles. The Morgan fingerprint density at radius 2 is 1.84 bits per heavy atom. The molecule has 19 heavy (non-hydrogen) atoms. The molecule has 3 rings (SSSR count). The van der Waals surface area contributed by atoms with E-state index in [1.54, 1.807) is 0 Å². The summed E-state index contributed by atoms with van der Waals surface area (Å²) in [6.45, 7) is 5.23. The van der Waals surface area contributed by atoms with E-state index >= 15 is 0 Å². The second kappa shape index (κ2) is 6.23. The molecule has 1 amide bonds. The van der Waals surface area contributed by atoms with Gasteiger partial charge in [-0.05, 0) is 38.6 Å². The Kier molecular flexibility index (Phi) is 4.38. The fraction of sp³-hybridized carbons (Fsp3) is 0.933. The number of nitrogens with zero attached hydrogens (tertiary/aromatic N) is 2. The lowest BCUT2D eigenvalue weighted by molar-refractivity contribution is -0.133. The van der Waals surface area contributed by atoms with E-state index in [2.05, 4.69) is 15.1 Å². The molecule has 2 heterocycles. The van der Waals surface area contributed by atoms with Crippen molar-refractivity contribution in [2.75, 3.05) is 32.7 Å².